The number of phenolic OH excluding ortho intramolecular Hbond substituents is 2. The molecule has 17 heavy (non-hydrogen) atoms. The molecule has 0 aromatic heterocycles. The molecule has 0 fully saturated rings. The minimum atomic E-state index is -0.274. The molecule has 0 aliphatic rings. The average molecular weight is 237 g/mol. The minimum Gasteiger partial charge on any atom is -0.504 e. The third-order valence-corrected chi connectivity index (χ3v) is 2.55. The van der Waals surface area contributed by atoms with Crippen molar-refractivity contribution in [3.05, 3.63) is 23.8 Å². The van der Waals surface area contributed by atoms with Crippen LogP contribution >= 0.6 is 0 Å². The van der Waals surface area contributed by atoms with Gasteiger partial charge in [-0.05, 0) is 24.6 Å². The first kappa shape index (κ1) is 13.4. The van der Waals surface area contributed by atoms with Crippen molar-refractivity contribution in [2.45, 2.75) is 32.6 Å². The Balaban J connectivity index is 2.39. The molecule has 1 aromatic rings. The first-order valence-corrected chi connectivity index (χ1v) is 5.95. The van der Waals surface area contributed by atoms with E-state index < -0.39 is 0 Å². The van der Waals surface area contributed by atoms with E-state index in [4.69, 9.17) is 5.11 Å². The third-order valence-electron chi connectivity index (χ3n) is 2.55. The van der Waals surface area contributed by atoms with Crippen LogP contribution in [0, 0.1) is 0 Å². The number of hydrogen-bond donors (Lipinski definition) is 3. The summed E-state index contributed by atoms with van der Waals surface area (Å²) in [5, 5.41) is 21.2. The lowest BCUT2D eigenvalue weighted by atomic mass is 10.1. The Hall–Kier alpha value is -1.71. The van der Waals surface area contributed by atoms with Crippen LogP contribution in [0.25, 0.3) is 0 Å². The summed E-state index contributed by atoms with van der Waals surface area (Å²) in [6, 6.07) is 4.05. The smallest absolute Gasteiger partial charge is 0.251 e. The van der Waals surface area contributed by atoms with Gasteiger partial charge in [0.1, 0.15) is 0 Å². The number of carbonyl (C=O) groups is 1. The predicted molar refractivity (Wildman–Crippen MR) is 66.2 cm³/mol. The van der Waals surface area contributed by atoms with E-state index in [0.29, 0.717) is 12.1 Å². The van der Waals surface area contributed by atoms with Crippen molar-refractivity contribution in [3.8, 4) is 11.5 Å². The Morgan fingerprint density at radius 2 is 1.94 bits per heavy atom. The van der Waals surface area contributed by atoms with Crippen LogP contribution in [-0.4, -0.2) is 22.7 Å². The Labute approximate surface area is 101 Å². The number of amides is 1. The molecule has 0 unspecified atom stereocenters. The van der Waals surface area contributed by atoms with Crippen molar-refractivity contribution in [1.29, 1.82) is 0 Å². The zero-order valence-electron chi connectivity index (χ0n) is 10.1. The molecule has 0 saturated carbocycles. The highest BCUT2D eigenvalue weighted by molar-refractivity contribution is 5.94. The predicted octanol–water partition coefficient (Wildman–Crippen LogP) is 2.41. The van der Waals surface area contributed by atoms with Crippen LogP contribution < -0.4 is 5.32 Å². The lowest BCUT2D eigenvalue weighted by Gasteiger charge is -2.05. The summed E-state index contributed by atoms with van der Waals surface area (Å²) in [5.41, 5.74) is 0.357. The lowest BCUT2D eigenvalue weighted by molar-refractivity contribution is 0.0952. The van der Waals surface area contributed by atoms with Gasteiger partial charge >= 0.3 is 0 Å². The molecule has 1 rings (SSSR count). The van der Waals surface area contributed by atoms with E-state index in [1.165, 1.54) is 31.0 Å². The van der Waals surface area contributed by atoms with Gasteiger partial charge in [-0.2, -0.15) is 0 Å². The molecule has 0 spiro atoms. The van der Waals surface area contributed by atoms with E-state index in [-0.39, 0.29) is 17.4 Å². The highest BCUT2D eigenvalue weighted by Crippen LogP contribution is 2.24. The maximum atomic E-state index is 11.6. The molecule has 94 valence electrons. The fraction of sp³-hybridized carbons (Fsp3) is 0.462. The Bertz CT molecular complexity index is 377. The molecule has 0 bridgehead atoms. The molecule has 3 N–H and O–H groups in total. The Kier molecular flexibility index (Phi) is 5.33. The topological polar surface area (TPSA) is 69.6 Å². The van der Waals surface area contributed by atoms with Gasteiger partial charge in [-0.1, -0.05) is 26.2 Å². The molecule has 0 aliphatic carbocycles. The van der Waals surface area contributed by atoms with Gasteiger partial charge in [0.25, 0.3) is 5.91 Å². The number of rotatable bonds is 6. The van der Waals surface area contributed by atoms with Crippen molar-refractivity contribution in [2.24, 2.45) is 0 Å². The molecule has 0 radical (unpaired) electrons. The first-order chi connectivity index (χ1) is 8.15. The van der Waals surface area contributed by atoms with Gasteiger partial charge in [-0.25, -0.2) is 0 Å². The summed E-state index contributed by atoms with van der Waals surface area (Å²) in [6.45, 7) is 2.78. The van der Waals surface area contributed by atoms with E-state index in [0.717, 1.165) is 12.8 Å². The molecular weight excluding hydrogens is 218 g/mol. The summed E-state index contributed by atoms with van der Waals surface area (Å²) in [4.78, 5) is 11.6. The highest BCUT2D eigenvalue weighted by Gasteiger charge is 2.07. The third kappa shape index (κ3) is 4.34. The van der Waals surface area contributed by atoms with Gasteiger partial charge in [0.15, 0.2) is 11.5 Å². The molecule has 0 heterocycles. The first-order valence-electron chi connectivity index (χ1n) is 5.95. The van der Waals surface area contributed by atoms with Crippen LogP contribution in [0.5, 0.6) is 11.5 Å². The van der Waals surface area contributed by atoms with Crippen molar-refractivity contribution in [2.75, 3.05) is 6.54 Å². The van der Waals surface area contributed by atoms with Crippen LogP contribution in [0.4, 0.5) is 0 Å². The molecular formula is C13H19NO3. The largest absolute Gasteiger partial charge is 0.504 e. The van der Waals surface area contributed by atoms with Crippen LogP contribution in [0.15, 0.2) is 18.2 Å². The van der Waals surface area contributed by atoms with Gasteiger partial charge in [0.05, 0.1) is 0 Å². The molecule has 4 nitrogen and oxygen atoms in total. The van der Waals surface area contributed by atoms with Crippen LogP contribution in [0.3, 0.4) is 0 Å². The summed E-state index contributed by atoms with van der Waals surface area (Å²) < 4.78 is 0. The second kappa shape index (κ2) is 6.78. The number of hydrogen-bond acceptors (Lipinski definition) is 3. The van der Waals surface area contributed by atoms with E-state index in [2.05, 4.69) is 12.2 Å². The summed E-state index contributed by atoms with van der Waals surface area (Å²) in [5.74, 6) is -0.718. The zero-order valence-corrected chi connectivity index (χ0v) is 10.1. The lowest BCUT2D eigenvalue weighted by Crippen LogP contribution is -2.24. The summed E-state index contributed by atoms with van der Waals surface area (Å²) in [7, 11) is 0. The fourth-order valence-corrected chi connectivity index (χ4v) is 1.52. The molecule has 0 aliphatic heterocycles. The Morgan fingerprint density at radius 1 is 1.18 bits per heavy atom. The molecule has 1 amide bonds. The van der Waals surface area contributed by atoms with Gasteiger partial charge in [0, 0.05) is 12.1 Å². The van der Waals surface area contributed by atoms with E-state index in [9.17, 15) is 9.90 Å². The zero-order chi connectivity index (χ0) is 12.7. The van der Waals surface area contributed by atoms with E-state index in [1.807, 2.05) is 0 Å². The number of unbranched alkanes of at least 4 members (excludes halogenated alkanes) is 3. The normalized spacial score (nSPS) is 10.2. The fourth-order valence-electron chi connectivity index (χ4n) is 1.52. The summed E-state index contributed by atoms with van der Waals surface area (Å²) >= 11 is 0. The van der Waals surface area contributed by atoms with E-state index >= 15 is 0 Å². The molecule has 0 saturated heterocycles. The average Bonchev–Trinajstić information content (AvgIpc) is 2.32. The monoisotopic (exact) mass is 237 g/mol. The summed E-state index contributed by atoms with van der Waals surface area (Å²) in [6.07, 6.45) is 4.41. The number of phenols is 2. The van der Waals surface area contributed by atoms with Crippen LogP contribution in [0.1, 0.15) is 43.0 Å². The van der Waals surface area contributed by atoms with Crippen LogP contribution in [-0.2, 0) is 0 Å². The number of carbonyl (C=O) groups excluding carboxylic acids is 1. The maximum absolute atomic E-state index is 11.6. The second-order valence-corrected chi connectivity index (χ2v) is 4.02. The SMILES string of the molecule is CCCCCCNC(=O)c1ccc(O)c(O)c1. The van der Waals surface area contributed by atoms with Gasteiger partial charge in [0.2, 0.25) is 0 Å². The van der Waals surface area contributed by atoms with Gasteiger partial charge in [-0.3, -0.25) is 4.79 Å². The highest BCUT2D eigenvalue weighted by atomic mass is 16.3. The Morgan fingerprint density at radius 3 is 2.59 bits per heavy atom. The van der Waals surface area contributed by atoms with Crippen molar-refractivity contribution < 1.29 is 15.0 Å². The number of aromatic hydroxyl groups is 2. The number of nitrogens with one attached hydrogen (secondary N) is 1. The molecule has 1 aromatic carbocycles. The standard InChI is InChI=1S/C13H19NO3/c1-2-3-4-5-8-14-13(17)10-6-7-11(15)12(16)9-10/h6-7,9,15-16H,2-5,8H2,1H3,(H,14,17). The molecule has 4 heteroatoms. The van der Waals surface area contributed by atoms with Crippen LogP contribution in [0.2, 0.25) is 0 Å². The molecule has 0 atom stereocenters. The van der Waals surface area contributed by atoms with Crippen molar-refractivity contribution >= 4 is 5.91 Å². The minimum absolute atomic E-state index is 0.218. The van der Waals surface area contributed by atoms with Crippen molar-refractivity contribution in [3.63, 3.8) is 0 Å². The maximum Gasteiger partial charge on any atom is 0.251 e. The number of benzene rings is 1. The van der Waals surface area contributed by atoms with Gasteiger partial charge < -0.3 is 15.5 Å². The van der Waals surface area contributed by atoms with E-state index in [1.54, 1.807) is 0 Å². The second-order valence-electron chi connectivity index (χ2n) is 4.02. The van der Waals surface area contributed by atoms with Crippen molar-refractivity contribution in [1.82, 2.24) is 5.32 Å². The quantitative estimate of drug-likeness (QED) is 0.525. The van der Waals surface area contributed by atoms with Gasteiger partial charge in [-0.15, -0.1) is 0 Å².